The number of carbonyl (C=O) groups excluding carboxylic acids is 1. The largest absolute Gasteiger partial charge is 0.465 e. The Labute approximate surface area is 127 Å². The predicted octanol–water partition coefficient (Wildman–Crippen LogP) is 1.84. The second-order valence-corrected chi connectivity index (χ2v) is 5.94. The maximum Gasteiger partial charge on any atom is 0.319 e. The zero-order valence-corrected chi connectivity index (χ0v) is 13.1. The summed E-state index contributed by atoms with van der Waals surface area (Å²) in [6.07, 6.45) is 0.645. The standard InChI is InChI=1S/C14H18N4O2S/c1-4-20-14(19)10(2)21-12-7-5-11(6-8-12)9-13-15-17-18(3)16-13/h5-8,10H,4,9H2,1-3H3. The van der Waals surface area contributed by atoms with Crippen LogP contribution in [0, 0.1) is 0 Å². The highest BCUT2D eigenvalue weighted by Crippen LogP contribution is 2.24. The lowest BCUT2D eigenvalue weighted by molar-refractivity contribution is -0.142. The van der Waals surface area contributed by atoms with Gasteiger partial charge in [0.1, 0.15) is 5.25 Å². The lowest BCUT2D eigenvalue weighted by atomic mass is 10.1. The Kier molecular flexibility index (Phi) is 5.32. The second-order valence-electron chi connectivity index (χ2n) is 4.53. The van der Waals surface area contributed by atoms with Crippen LogP contribution in [0.4, 0.5) is 0 Å². The van der Waals surface area contributed by atoms with E-state index in [2.05, 4.69) is 15.4 Å². The number of carbonyl (C=O) groups is 1. The maximum absolute atomic E-state index is 11.6. The summed E-state index contributed by atoms with van der Waals surface area (Å²) in [6.45, 7) is 4.07. The molecule has 1 aromatic heterocycles. The zero-order valence-electron chi connectivity index (χ0n) is 12.3. The first-order valence-electron chi connectivity index (χ1n) is 6.73. The van der Waals surface area contributed by atoms with Crippen LogP contribution in [0.15, 0.2) is 29.2 Å². The van der Waals surface area contributed by atoms with Gasteiger partial charge in [-0.3, -0.25) is 4.79 Å². The summed E-state index contributed by atoms with van der Waals surface area (Å²) in [5, 5.41) is 11.7. The first-order chi connectivity index (χ1) is 10.1. The average Bonchev–Trinajstić information content (AvgIpc) is 2.86. The molecular weight excluding hydrogens is 288 g/mol. The van der Waals surface area contributed by atoms with Crippen molar-refractivity contribution in [1.82, 2.24) is 20.2 Å². The SMILES string of the molecule is CCOC(=O)C(C)Sc1ccc(Cc2nnn(C)n2)cc1. The molecule has 21 heavy (non-hydrogen) atoms. The molecule has 112 valence electrons. The molecule has 0 amide bonds. The van der Waals surface area contributed by atoms with Crippen molar-refractivity contribution < 1.29 is 9.53 Å². The first-order valence-corrected chi connectivity index (χ1v) is 7.61. The van der Waals surface area contributed by atoms with Crippen LogP contribution in [-0.4, -0.2) is 38.0 Å². The summed E-state index contributed by atoms with van der Waals surface area (Å²) in [6, 6.07) is 8.01. The van der Waals surface area contributed by atoms with E-state index in [4.69, 9.17) is 4.74 Å². The average molecular weight is 306 g/mol. The van der Waals surface area contributed by atoms with Gasteiger partial charge in [0.15, 0.2) is 5.82 Å². The number of aromatic nitrogens is 4. The van der Waals surface area contributed by atoms with Crippen LogP contribution in [0.1, 0.15) is 25.2 Å². The third kappa shape index (κ3) is 4.56. The van der Waals surface area contributed by atoms with E-state index in [1.165, 1.54) is 16.6 Å². The molecule has 0 aliphatic carbocycles. The molecule has 0 bridgehead atoms. The minimum Gasteiger partial charge on any atom is -0.465 e. The Morgan fingerprint density at radius 3 is 2.67 bits per heavy atom. The predicted molar refractivity (Wildman–Crippen MR) is 80.0 cm³/mol. The van der Waals surface area contributed by atoms with Gasteiger partial charge in [-0.15, -0.1) is 22.0 Å². The summed E-state index contributed by atoms with van der Waals surface area (Å²) >= 11 is 1.49. The van der Waals surface area contributed by atoms with Crippen LogP contribution in [0.2, 0.25) is 0 Å². The van der Waals surface area contributed by atoms with E-state index in [0.29, 0.717) is 18.9 Å². The van der Waals surface area contributed by atoms with Gasteiger partial charge >= 0.3 is 5.97 Å². The maximum atomic E-state index is 11.6. The zero-order chi connectivity index (χ0) is 15.2. The summed E-state index contributed by atoms with van der Waals surface area (Å²) in [4.78, 5) is 14.1. The Morgan fingerprint density at radius 1 is 1.38 bits per heavy atom. The van der Waals surface area contributed by atoms with Crippen molar-refractivity contribution >= 4 is 17.7 Å². The van der Waals surface area contributed by atoms with Gasteiger partial charge in [0.25, 0.3) is 0 Å². The van der Waals surface area contributed by atoms with E-state index >= 15 is 0 Å². The highest BCUT2D eigenvalue weighted by Gasteiger charge is 2.15. The number of nitrogens with zero attached hydrogens (tertiary/aromatic N) is 4. The number of benzene rings is 1. The number of rotatable bonds is 6. The lowest BCUT2D eigenvalue weighted by Crippen LogP contribution is -2.16. The molecule has 1 unspecified atom stereocenters. The molecule has 0 N–H and O–H groups in total. The van der Waals surface area contributed by atoms with Gasteiger partial charge in [0, 0.05) is 11.3 Å². The highest BCUT2D eigenvalue weighted by molar-refractivity contribution is 8.00. The van der Waals surface area contributed by atoms with E-state index in [1.807, 2.05) is 38.1 Å². The van der Waals surface area contributed by atoms with Crippen molar-refractivity contribution in [2.24, 2.45) is 7.05 Å². The first kappa shape index (κ1) is 15.5. The van der Waals surface area contributed by atoms with Crippen LogP contribution in [0.5, 0.6) is 0 Å². The van der Waals surface area contributed by atoms with Crippen molar-refractivity contribution in [3.05, 3.63) is 35.7 Å². The van der Waals surface area contributed by atoms with Gasteiger partial charge in [-0.1, -0.05) is 12.1 Å². The molecule has 2 aromatic rings. The number of hydrogen-bond donors (Lipinski definition) is 0. The fourth-order valence-electron chi connectivity index (χ4n) is 1.77. The fourth-order valence-corrected chi connectivity index (χ4v) is 2.64. The van der Waals surface area contributed by atoms with E-state index in [0.717, 1.165) is 10.5 Å². The van der Waals surface area contributed by atoms with Crippen LogP contribution in [0.25, 0.3) is 0 Å². The molecule has 0 saturated carbocycles. The van der Waals surface area contributed by atoms with Crippen molar-refractivity contribution in [2.75, 3.05) is 6.61 Å². The smallest absolute Gasteiger partial charge is 0.319 e. The number of hydrogen-bond acceptors (Lipinski definition) is 6. The van der Waals surface area contributed by atoms with E-state index in [-0.39, 0.29) is 11.2 Å². The van der Waals surface area contributed by atoms with Crippen LogP contribution >= 0.6 is 11.8 Å². The summed E-state index contributed by atoms with van der Waals surface area (Å²) in [5.74, 6) is 0.508. The molecular formula is C14H18N4O2S. The molecule has 0 aliphatic rings. The summed E-state index contributed by atoms with van der Waals surface area (Å²) in [7, 11) is 1.74. The van der Waals surface area contributed by atoms with E-state index < -0.39 is 0 Å². The Bertz CT molecular complexity index is 597. The quantitative estimate of drug-likeness (QED) is 0.599. The molecule has 1 atom stereocenters. The molecule has 7 heteroatoms. The van der Waals surface area contributed by atoms with Crippen LogP contribution in [-0.2, 0) is 23.0 Å². The Balaban J connectivity index is 1.94. The minimum absolute atomic E-state index is 0.185. The van der Waals surface area contributed by atoms with E-state index in [9.17, 15) is 4.79 Å². The fraction of sp³-hybridized carbons (Fsp3) is 0.429. The number of tetrazole rings is 1. The van der Waals surface area contributed by atoms with E-state index in [1.54, 1.807) is 7.05 Å². The van der Waals surface area contributed by atoms with Crippen molar-refractivity contribution in [3.8, 4) is 0 Å². The van der Waals surface area contributed by atoms with Gasteiger partial charge in [0.2, 0.25) is 0 Å². The number of esters is 1. The summed E-state index contributed by atoms with van der Waals surface area (Å²) in [5.41, 5.74) is 1.11. The monoisotopic (exact) mass is 306 g/mol. The Morgan fingerprint density at radius 2 is 2.10 bits per heavy atom. The van der Waals surface area contributed by atoms with Crippen LogP contribution in [0.3, 0.4) is 0 Å². The van der Waals surface area contributed by atoms with Crippen molar-refractivity contribution in [2.45, 2.75) is 30.4 Å². The molecule has 0 aliphatic heterocycles. The number of aryl methyl sites for hydroxylation is 1. The number of thioether (sulfide) groups is 1. The van der Waals surface area contributed by atoms with Crippen molar-refractivity contribution in [3.63, 3.8) is 0 Å². The van der Waals surface area contributed by atoms with Gasteiger partial charge in [-0.25, -0.2) is 0 Å². The molecule has 6 nitrogen and oxygen atoms in total. The van der Waals surface area contributed by atoms with Gasteiger partial charge in [-0.2, -0.15) is 4.80 Å². The molecule has 0 spiro atoms. The second kappa shape index (κ2) is 7.21. The van der Waals surface area contributed by atoms with Gasteiger partial charge in [-0.05, 0) is 36.8 Å². The summed E-state index contributed by atoms with van der Waals surface area (Å²) < 4.78 is 5.00. The topological polar surface area (TPSA) is 69.9 Å². The normalized spacial score (nSPS) is 12.1. The van der Waals surface area contributed by atoms with Gasteiger partial charge < -0.3 is 4.74 Å². The molecule has 1 heterocycles. The molecule has 0 fully saturated rings. The van der Waals surface area contributed by atoms with Gasteiger partial charge in [0.05, 0.1) is 13.7 Å². The third-order valence-corrected chi connectivity index (χ3v) is 3.86. The van der Waals surface area contributed by atoms with Crippen LogP contribution < -0.4 is 0 Å². The highest BCUT2D eigenvalue weighted by atomic mass is 32.2. The van der Waals surface area contributed by atoms with Crippen molar-refractivity contribution in [1.29, 1.82) is 0 Å². The lowest BCUT2D eigenvalue weighted by Gasteiger charge is -2.10. The molecule has 2 rings (SSSR count). The Hall–Kier alpha value is -1.89. The molecule has 0 radical (unpaired) electrons. The minimum atomic E-state index is -0.211. The molecule has 0 saturated heterocycles. The molecule has 1 aromatic carbocycles. The number of ether oxygens (including phenoxy) is 1. The third-order valence-electron chi connectivity index (χ3n) is 2.77.